The predicted molar refractivity (Wildman–Crippen MR) is 43.7 cm³/mol. The van der Waals surface area contributed by atoms with Gasteiger partial charge in [-0.2, -0.15) is 0 Å². The molecule has 0 bridgehead atoms. The van der Waals surface area contributed by atoms with Crippen molar-refractivity contribution in [1.29, 1.82) is 0 Å². The fraction of sp³-hybridized carbons (Fsp3) is 0.556. The van der Waals surface area contributed by atoms with Crippen LogP contribution in [0, 0.1) is 5.41 Å². The van der Waals surface area contributed by atoms with E-state index < -0.39 is 11.6 Å². The standard InChI is InChI=1S/C9H12O3/c1-9(2)3-6(5-10)8(12)7(11)4-9/h5,10H,3-4H2,1-2H3. The van der Waals surface area contributed by atoms with Gasteiger partial charge >= 0.3 is 0 Å². The summed E-state index contributed by atoms with van der Waals surface area (Å²) in [7, 11) is 0. The summed E-state index contributed by atoms with van der Waals surface area (Å²) in [6.07, 6.45) is 1.51. The Balaban J connectivity index is 2.94. The summed E-state index contributed by atoms with van der Waals surface area (Å²) in [5.41, 5.74) is 0.0378. The van der Waals surface area contributed by atoms with Crippen LogP contribution in [0.4, 0.5) is 0 Å². The molecule has 3 nitrogen and oxygen atoms in total. The zero-order chi connectivity index (χ0) is 9.35. The minimum absolute atomic E-state index is 0.195. The molecule has 1 aliphatic rings. The molecule has 12 heavy (non-hydrogen) atoms. The van der Waals surface area contributed by atoms with E-state index in [1.54, 1.807) is 0 Å². The first kappa shape index (κ1) is 8.97. The number of ketones is 2. The van der Waals surface area contributed by atoms with Crippen LogP contribution in [0.2, 0.25) is 0 Å². The van der Waals surface area contributed by atoms with Crippen molar-refractivity contribution in [3.8, 4) is 0 Å². The highest BCUT2D eigenvalue weighted by Gasteiger charge is 2.35. The zero-order valence-corrected chi connectivity index (χ0v) is 7.26. The fourth-order valence-corrected chi connectivity index (χ4v) is 1.46. The van der Waals surface area contributed by atoms with Crippen LogP contribution in [0.5, 0.6) is 0 Å². The molecule has 0 saturated heterocycles. The maximum absolute atomic E-state index is 11.1. The highest BCUT2D eigenvalue weighted by Crippen LogP contribution is 2.34. The van der Waals surface area contributed by atoms with Crippen LogP contribution < -0.4 is 0 Å². The van der Waals surface area contributed by atoms with E-state index in [0.29, 0.717) is 6.42 Å². The van der Waals surface area contributed by atoms with Crippen LogP contribution in [0.3, 0.4) is 0 Å². The summed E-state index contributed by atoms with van der Waals surface area (Å²) in [5, 5.41) is 8.68. The molecule has 0 aromatic heterocycles. The maximum Gasteiger partial charge on any atom is 0.227 e. The summed E-state index contributed by atoms with van der Waals surface area (Å²) < 4.78 is 0. The molecule has 0 heterocycles. The number of Topliss-reactive ketones (excluding diaryl/α,β-unsaturated/α-hetero) is 2. The number of allylic oxidation sites excluding steroid dienone is 1. The molecular weight excluding hydrogens is 156 g/mol. The Morgan fingerprint density at radius 1 is 1.33 bits per heavy atom. The summed E-state index contributed by atoms with van der Waals surface area (Å²) in [5.74, 6) is -0.927. The van der Waals surface area contributed by atoms with E-state index in [9.17, 15) is 9.59 Å². The van der Waals surface area contributed by atoms with E-state index >= 15 is 0 Å². The molecule has 1 N–H and O–H groups in total. The molecule has 1 aliphatic carbocycles. The highest BCUT2D eigenvalue weighted by atomic mass is 16.2. The lowest BCUT2D eigenvalue weighted by molar-refractivity contribution is -0.137. The van der Waals surface area contributed by atoms with Crippen LogP contribution >= 0.6 is 0 Å². The lowest BCUT2D eigenvalue weighted by Crippen LogP contribution is -2.32. The van der Waals surface area contributed by atoms with Crippen molar-refractivity contribution < 1.29 is 14.7 Å². The van der Waals surface area contributed by atoms with Crippen molar-refractivity contribution in [1.82, 2.24) is 0 Å². The van der Waals surface area contributed by atoms with E-state index in [1.165, 1.54) is 0 Å². The number of hydrogen-bond donors (Lipinski definition) is 1. The molecule has 1 rings (SSSR count). The largest absolute Gasteiger partial charge is 0.515 e. The van der Waals surface area contributed by atoms with E-state index in [4.69, 9.17) is 5.11 Å². The molecule has 0 spiro atoms. The number of aliphatic hydroxyl groups excluding tert-OH is 1. The molecular formula is C9H12O3. The van der Waals surface area contributed by atoms with Gasteiger partial charge in [-0.1, -0.05) is 13.8 Å². The molecule has 0 radical (unpaired) electrons. The number of rotatable bonds is 0. The number of aliphatic hydroxyl groups is 1. The number of hydrogen-bond acceptors (Lipinski definition) is 3. The molecule has 0 amide bonds. The zero-order valence-electron chi connectivity index (χ0n) is 7.26. The summed E-state index contributed by atoms with van der Waals surface area (Å²) >= 11 is 0. The predicted octanol–water partition coefficient (Wildman–Crippen LogP) is 1.39. The van der Waals surface area contributed by atoms with Gasteiger partial charge in [-0.3, -0.25) is 9.59 Å². The van der Waals surface area contributed by atoms with E-state index in [1.807, 2.05) is 13.8 Å². The van der Waals surface area contributed by atoms with Crippen molar-refractivity contribution >= 4 is 11.6 Å². The van der Waals surface area contributed by atoms with Gasteiger partial charge in [-0.15, -0.1) is 0 Å². The van der Waals surface area contributed by atoms with Crippen LogP contribution in [-0.4, -0.2) is 16.7 Å². The van der Waals surface area contributed by atoms with Gasteiger partial charge in [0, 0.05) is 12.0 Å². The summed E-state index contributed by atoms with van der Waals surface area (Å²) in [6, 6.07) is 0. The van der Waals surface area contributed by atoms with Gasteiger partial charge in [0.15, 0.2) is 0 Å². The van der Waals surface area contributed by atoms with Gasteiger partial charge in [0.1, 0.15) is 0 Å². The lowest BCUT2D eigenvalue weighted by atomic mass is 9.74. The van der Waals surface area contributed by atoms with Crippen molar-refractivity contribution in [2.24, 2.45) is 5.41 Å². The Morgan fingerprint density at radius 3 is 2.42 bits per heavy atom. The first-order valence-electron chi connectivity index (χ1n) is 3.87. The number of carbonyl (C=O) groups is 2. The Bertz CT molecular complexity index is 261. The van der Waals surface area contributed by atoms with Crippen LogP contribution in [0.15, 0.2) is 11.8 Å². The van der Waals surface area contributed by atoms with Gasteiger partial charge < -0.3 is 5.11 Å². The molecule has 0 aromatic rings. The van der Waals surface area contributed by atoms with E-state index in [0.717, 1.165) is 6.26 Å². The van der Waals surface area contributed by atoms with Crippen LogP contribution in [0.25, 0.3) is 0 Å². The number of carbonyl (C=O) groups excluding carboxylic acids is 2. The lowest BCUT2D eigenvalue weighted by Gasteiger charge is -2.28. The van der Waals surface area contributed by atoms with Gasteiger partial charge in [0.25, 0.3) is 0 Å². The average Bonchev–Trinajstić information content (AvgIpc) is 1.96. The Morgan fingerprint density at radius 2 is 1.92 bits per heavy atom. The maximum atomic E-state index is 11.1. The van der Waals surface area contributed by atoms with Crippen LogP contribution in [0.1, 0.15) is 26.7 Å². The molecule has 1 saturated carbocycles. The Labute approximate surface area is 71.1 Å². The topological polar surface area (TPSA) is 54.4 Å². The molecule has 0 aliphatic heterocycles. The Hall–Kier alpha value is -1.12. The quantitative estimate of drug-likeness (QED) is 0.338. The highest BCUT2D eigenvalue weighted by molar-refractivity contribution is 6.44. The Kier molecular flexibility index (Phi) is 2.04. The SMILES string of the molecule is CC1(C)CC(=O)C(=O)C(=CO)C1. The summed E-state index contributed by atoms with van der Waals surface area (Å²) in [4.78, 5) is 22.1. The third kappa shape index (κ3) is 1.55. The third-order valence-electron chi connectivity index (χ3n) is 2.01. The molecule has 1 fully saturated rings. The van der Waals surface area contributed by atoms with Crippen molar-refractivity contribution in [2.75, 3.05) is 0 Å². The smallest absolute Gasteiger partial charge is 0.227 e. The minimum atomic E-state index is -0.531. The fourth-order valence-electron chi connectivity index (χ4n) is 1.46. The molecule has 0 aromatic carbocycles. The molecule has 3 heteroatoms. The first-order chi connectivity index (χ1) is 5.46. The van der Waals surface area contributed by atoms with Gasteiger partial charge in [-0.25, -0.2) is 0 Å². The van der Waals surface area contributed by atoms with Crippen molar-refractivity contribution in [3.63, 3.8) is 0 Å². The van der Waals surface area contributed by atoms with Gasteiger partial charge in [0.2, 0.25) is 11.6 Å². The van der Waals surface area contributed by atoms with E-state index in [-0.39, 0.29) is 17.4 Å². The molecule has 0 atom stereocenters. The van der Waals surface area contributed by atoms with Crippen LogP contribution in [-0.2, 0) is 9.59 Å². The summed E-state index contributed by atoms with van der Waals surface area (Å²) in [6.45, 7) is 3.81. The van der Waals surface area contributed by atoms with Gasteiger partial charge in [0.05, 0.1) is 6.26 Å². The second-order valence-corrected chi connectivity index (χ2v) is 3.92. The molecule has 0 unspecified atom stereocenters. The minimum Gasteiger partial charge on any atom is -0.515 e. The van der Waals surface area contributed by atoms with E-state index in [2.05, 4.69) is 0 Å². The third-order valence-corrected chi connectivity index (χ3v) is 2.01. The monoisotopic (exact) mass is 168 g/mol. The van der Waals surface area contributed by atoms with Crippen molar-refractivity contribution in [2.45, 2.75) is 26.7 Å². The second-order valence-electron chi connectivity index (χ2n) is 3.92. The van der Waals surface area contributed by atoms with Gasteiger partial charge in [-0.05, 0) is 11.8 Å². The average molecular weight is 168 g/mol. The van der Waals surface area contributed by atoms with Crippen molar-refractivity contribution in [3.05, 3.63) is 11.8 Å². The molecule has 66 valence electrons. The normalized spacial score (nSPS) is 26.3. The first-order valence-corrected chi connectivity index (χ1v) is 3.87. The second kappa shape index (κ2) is 2.73.